The van der Waals surface area contributed by atoms with Crippen LogP contribution in [0.2, 0.25) is 0 Å². The average molecular weight is 701 g/mol. The Labute approximate surface area is 288 Å². The van der Waals surface area contributed by atoms with Crippen LogP contribution >= 0.6 is 0 Å². The summed E-state index contributed by atoms with van der Waals surface area (Å²) in [6.07, 6.45) is 4.26. The molecule has 0 aliphatic carbocycles. The lowest BCUT2D eigenvalue weighted by molar-refractivity contribution is -0.00835. The predicted octanol–water partition coefficient (Wildman–Crippen LogP) is 4.19. The van der Waals surface area contributed by atoms with Gasteiger partial charge in [0.15, 0.2) is 5.03 Å². The number of ether oxygens (including phenoxy) is 3. The number of amides is 3. The number of aliphatic hydroxyl groups excluding tert-OH is 1. The molecule has 0 saturated carbocycles. The molecule has 0 saturated heterocycles. The van der Waals surface area contributed by atoms with Crippen LogP contribution in [0.25, 0.3) is 0 Å². The number of imidazole rings is 1. The zero-order chi connectivity index (χ0) is 35.7. The number of hydrogen-bond donors (Lipinski definition) is 3. The summed E-state index contributed by atoms with van der Waals surface area (Å²) < 4.78 is 47.1. The summed E-state index contributed by atoms with van der Waals surface area (Å²) in [7, 11) is 0.848. The smallest absolute Gasteiger partial charge is 0.323 e. The van der Waals surface area contributed by atoms with Gasteiger partial charge in [-0.15, -0.1) is 0 Å². The summed E-state index contributed by atoms with van der Waals surface area (Å²) in [6, 6.07) is 10.6. The standard InChI is InChI=1S/C34H48N6O8S/c1-23-18-40(24(2)21-41)33(42)29-17-27(37-34(43)36-26-10-13-28(46-6)14-11-26)12-15-30(29)48-25(3)9-7-8-16-47-31(23)19-39(5)49(44,45)32-20-38(4)22-35-32/h10-15,17,20,22-25,31,41H,7-9,16,18-19,21H2,1-6H3,(H2,36,37,43)/t23-,24-,25+,31+/m0/s1. The molecule has 3 N–H and O–H groups in total. The van der Waals surface area contributed by atoms with Crippen molar-refractivity contribution in [3.05, 3.63) is 60.6 Å². The number of methoxy groups -OCH3 is 1. The van der Waals surface area contributed by atoms with Gasteiger partial charge in [-0.1, -0.05) is 6.92 Å². The number of carbonyl (C=O) groups excluding carboxylic acids is 2. The first kappa shape index (κ1) is 37.6. The van der Waals surface area contributed by atoms with Crippen LogP contribution in [-0.2, 0) is 21.8 Å². The normalized spacial score (nSPS) is 20.1. The molecule has 0 fully saturated rings. The topological polar surface area (TPSA) is 165 Å². The van der Waals surface area contributed by atoms with E-state index in [-0.39, 0.29) is 42.3 Å². The number of aryl methyl sites for hydroxylation is 1. The Morgan fingerprint density at radius 2 is 1.84 bits per heavy atom. The summed E-state index contributed by atoms with van der Waals surface area (Å²) in [5.74, 6) is 0.245. The molecule has 1 aromatic heterocycles. The van der Waals surface area contributed by atoms with E-state index in [9.17, 15) is 23.1 Å². The zero-order valence-corrected chi connectivity index (χ0v) is 29.8. The Hall–Kier alpha value is -4.18. The first-order chi connectivity index (χ1) is 23.3. The maximum absolute atomic E-state index is 14.4. The van der Waals surface area contributed by atoms with Crippen molar-refractivity contribution in [1.29, 1.82) is 0 Å². The van der Waals surface area contributed by atoms with Crippen LogP contribution in [0.3, 0.4) is 0 Å². The third-order valence-electron chi connectivity index (χ3n) is 8.45. The van der Waals surface area contributed by atoms with Crippen molar-refractivity contribution in [2.45, 2.75) is 63.3 Å². The summed E-state index contributed by atoms with van der Waals surface area (Å²) in [4.78, 5) is 32.8. The third-order valence-corrected chi connectivity index (χ3v) is 10.2. The molecule has 2 aromatic carbocycles. The summed E-state index contributed by atoms with van der Waals surface area (Å²) in [5, 5.41) is 15.7. The third kappa shape index (κ3) is 9.94. The SMILES string of the molecule is COc1ccc(NC(=O)Nc2ccc3c(c2)C(=O)N([C@@H](C)CO)C[C@H](C)[C@@H](CN(C)S(=O)(=O)c2cn(C)cn2)OCCCC[C@@H](C)O3)cc1. The lowest BCUT2D eigenvalue weighted by atomic mass is 10.0. The molecule has 0 spiro atoms. The quantitative estimate of drug-likeness (QED) is 0.297. The molecule has 15 heteroatoms. The number of rotatable bonds is 9. The molecule has 1 aliphatic rings. The number of hydrogen-bond acceptors (Lipinski definition) is 9. The fourth-order valence-electron chi connectivity index (χ4n) is 5.46. The van der Waals surface area contributed by atoms with Gasteiger partial charge in [0.05, 0.1) is 43.9 Å². The van der Waals surface area contributed by atoms with Crippen molar-refractivity contribution in [3.63, 3.8) is 0 Å². The fourth-order valence-corrected chi connectivity index (χ4v) is 6.61. The van der Waals surface area contributed by atoms with E-state index >= 15 is 0 Å². The van der Waals surface area contributed by atoms with Gasteiger partial charge >= 0.3 is 6.03 Å². The fraction of sp³-hybridized carbons (Fsp3) is 0.500. The van der Waals surface area contributed by atoms with Crippen molar-refractivity contribution in [1.82, 2.24) is 18.8 Å². The van der Waals surface area contributed by atoms with E-state index in [4.69, 9.17) is 14.2 Å². The number of sulfonamides is 1. The molecule has 3 aromatic rings. The number of likely N-dealkylation sites (N-methyl/N-ethyl adjacent to an activating group) is 1. The van der Waals surface area contributed by atoms with Crippen LogP contribution in [0.1, 0.15) is 50.4 Å². The van der Waals surface area contributed by atoms with Gasteiger partial charge in [-0.25, -0.2) is 18.2 Å². The monoisotopic (exact) mass is 700 g/mol. The lowest BCUT2D eigenvalue weighted by Crippen LogP contribution is -2.48. The minimum atomic E-state index is -3.89. The van der Waals surface area contributed by atoms with E-state index in [0.717, 1.165) is 12.8 Å². The second kappa shape index (κ2) is 17.0. The van der Waals surface area contributed by atoms with Gasteiger partial charge in [0, 0.05) is 57.3 Å². The zero-order valence-electron chi connectivity index (χ0n) is 29.0. The molecule has 4 atom stereocenters. The molecule has 14 nitrogen and oxygen atoms in total. The van der Waals surface area contributed by atoms with E-state index in [1.54, 1.807) is 68.1 Å². The highest BCUT2D eigenvalue weighted by Crippen LogP contribution is 2.29. The van der Waals surface area contributed by atoms with Crippen LogP contribution in [0.15, 0.2) is 60.0 Å². The van der Waals surface area contributed by atoms with Gasteiger partial charge in [0.2, 0.25) is 0 Å². The maximum Gasteiger partial charge on any atom is 0.323 e. The highest BCUT2D eigenvalue weighted by Gasteiger charge is 2.33. The molecule has 1 aliphatic heterocycles. The lowest BCUT2D eigenvalue weighted by Gasteiger charge is -2.35. The van der Waals surface area contributed by atoms with Crippen LogP contribution in [0.4, 0.5) is 16.2 Å². The van der Waals surface area contributed by atoms with Crippen molar-refractivity contribution in [3.8, 4) is 11.5 Å². The Bertz CT molecular complexity index is 1660. The second-order valence-corrected chi connectivity index (χ2v) is 14.5. The Kier molecular flexibility index (Phi) is 13.0. The van der Waals surface area contributed by atoms with Crippen molar-refractivity contribution in [2.75, 3.05) is 51.1 Å². The number of benzene rings is 2. The first-order valence-electron chi connectivity index (χ1n) is 16.3. The highest BCUT2D eigenvalue weighted by molar-refractivity contribution is 7.89. The largest absolute Gasteiger partial charge is 0.497 e. The minimum absolute atomic E-state index is 0.0308. The number of aromatic nitrogens is 2. The molecule has 3 amide bonds. The highest BCUT2D eigenvalue weighted by atomic mass is 32.2. The molecule has 0 bridgehead atoms. The van der Waals surface area contributed by atoms with Gasteiger partial charge in [-0.2, -0.15) is 4.31 Å². The predicted molar refractivity (Wildman–Crippen MR) is 186 cm³/mol. The summed E-state index contributed by atoms with van der Waals surface area (Å²) in [6.45, 7) is 5.81. The average Bonchev–Trinajstić information content (AvgIpc) is 3.53. The molecular weight excluding hydrogens is 652 g/mol. The van der Waals surface area contributed by atoms with Crippen molar-refractivity contribution in [2.24, 2.45) is 13.0 Å². The Morgan fingerprint density at radius 3 is 2.49 bits per heavy atom. The Morgan fingerprint density at radius 1 is 1.14 bits per heavy atom. The van der Waals surface area contributed by atoms with Crippen molar-refractivity contribution >= 4 is 33.3 Å². The first-order valence-corrected chi connectivity index (χ1v) is 17.8. The van der Waals surface area contributed by atoms with E-state index in [0.29, 0.717) is 35.9 Å². The number of nitrogens with zero attached hydrogens (tertiary/aromatic N) is 4. The molecule has 268 valence electrons. The van der Waals surface area contributed by atoms with Crippen LogP contribution in [0.5, 0.6) is 11.5 Å². The van der Waals surface area contributed by atoms with Gasteiger partial charge in [0.25, 0.3) is 15.9 Å². The number of urea groups is 1. The van der Waals surface area contributed by atoms with Crippen LogP contribution < -0.4 is 20.1 Å². The number of aliphatic hydroxyl groups is 1. The number of nitrogens with one attached hydrogen (secondary N) is 2. The van der Waals surface area contributed by atoms with E-state index in [2.05, 4.69) is 15.6 Å². The van der Waals surface area contributed by atoms with E-state index < -0.39 is 34.1 Å². The van der Waals surface area contributed by atoms with Gasteiger partial charge in [-0.05, 0) is 75.6 Å². The van der Waals surface area contributed by atoms with Crippen LogP contribution in [0, 0.1) is 5.92 Å². The molecule has 2 heterocycles. The molecule has 4 rings (SSSR count). The summed E-state index contributed by atoms with van der Waals surface area (Å²) >= 11 is 0. The van der Waals surface area contributed by atoms with Crippen LogP contribution in [-0.4, -0.2) is 103 Å². The second-order valence-electron chi connectivity index (χ2n) is 12.5. The van der Waals surface area contributed by atoms with Gasteiger partial charge in [0.1, 0.15) is 11.5 Å². The van der Waals surface area contributed by atoms with Crippen molar-refractivity contribution < 1.29 is 37.3 Å². The molecular formula is C34H48N6O8S. The number of anilines is 2. The minimum Gasteiger partial charge on any atom is -0.497 e. The molecule has 0 radical (unpaired) electrons. The molecule has 0 unspecified atom stereocenters. The van der Waals surface area contributed by atoms with E-state index in [1.807, 2.05) is 13.8 Å². The Balaban J connectivity index is 1.61. The van der Waals surface area contributed by atoms with E-state index in [1.165, 1.54) is 28.8 Å². The van der Waals surface area contributed by atoms with Gasteiger partial charge in [-0.3, -0.25) is 4.79 Å². The molecule has 49 heavy (non-hydrogen) atoms. The number of carbonyl (C=O) groups is 2. The summed E-state index contributed by atoms with van der Waals surface area (Å²) in [5.41, 5.74) is 1.13. The maximum atomic E-state index is 14.4. The number of fused-ring (bicyclic) bond motifs is 1. The van der Waals surface area contributed by atoms with Gasteiger partial charge < -0.3 is 39.4 Å².